The van der Waals surface area contributed by atoms with Crippen molar-refractivity contribution in [3.8, 4) is 22.7 Å². The molecule has 0 fully saturated rings. The van der Waals surface area contributed by atoms with E-state index in [2.05, 4.69) is 10.2 Å². The number of nitro groups is 1. The molecule has 0 saturated carbocycles. The van der Waals surface area contributed by atoms with E-state index in [1.807, 2.05) is 6.07 Å². The molecule has 0 atom stereocenters. The number of hydrogen-bond donors (Lipinski definition) is 0. The Morgan fingerprint density at radius 1 is 1.03 bits per heavy atom. The number of rotatable bonds is 8. The average Bonchev–Trinajstić information content (AvgIpc) is 3.53. The van der Waals surface area contributed by atoms with Gasteiger partial charge >= 0.3 is 17.6 Å². The van der Waals surface area contributed by atoms with E-state index in [1.165, 1.54) is 29.8 Å². The van der Waals surface area contributed by atoms with Crippen molar-refractivity contribution in [2.45, 2.75) is 6.73 Å². The summed E-state index contributed by atoms with van der Waals surface area (Å²) in [6.45, 7) is -0.0903. The number of methoxy groups -OCH3 is 2. The molecule has 0 unspecified atom stereocenters. The SMILES string of the molecule is COC(=O)c1c(-c2cccc(OCn3cc([N+](=O)[O-])cn3)c2)nn(-c2ccccc2)c1C(=O)OC. The van der Waals surface area contributed by atoms with Gasteiger partial charge in [-0.25, -0.2) is 19.0 Å². The first-order chi connectivity index (χ1) is 16.9. The van der Waals surface area contributed by atoms with Crippen LogP contribution in [-0.4, -0.2) is 50.6 Å². The average molecular weight is 477 g/mol. The summed E-state index contributed by atoms with van der Waals surface area (Å²) in [5.74, 6) is -1.15. The van der Waals surface area contributed by atoms with E-state index < -0.39 is 16.9 Å². The quantitative estimate of drug-likeness (QED) is 0.212. The maximum Gasteiger partial charge on any atom is 0.357 e. The lowest BCUT2D eigenvalue weighted by Gasteiger charge is -2.08. The minimum atomic E-state index is -0.766. The lowest BCUT2D eigenvalue weighted by atomic mass is 10.1. The summed E-state index contributed by atoms with van der Waals surface area (Å²) in [6.07, 6.45) is 2.36. The standard InChI is InChI=1S/C23H19N5O7/c1-33-22(29)19-20(25-27(21(19)23(30)34-2)16-8-4-3-5-9-16)15-7-6-10-18(11-15)35-14-26-13-17(12-24-26)28(31)32/h3-13H,14H2,1-2H3. The zero-order valence-corrected chi connectivity index (χ0v) is 18.7. The third-order valence-electron chi connectivity index (χ3n) is 4.96. The van der Waals surface area contributed by atoms with E-state index in [-0.39, 0.29) is 29.4 Å². The Bertz CT molecular complexity index is 1390. The molecule has 0 bridgehead atoms. The second-order valence-electron chi connectivity index (χ2n) is 7.10. The lowest BCUT2D eigenvalue weighted by molar-refractivity contribution is -0.385. The fraction of sp³-hybridized carbons (Fsp3) is 0.130. The van der Waals surface area contributed by atoms with Gasteiger partial charge in [-0.3, -0.25) is 10.1 Å². The van der Waals surface area contributed by atoms with Crippen LogP contribution in [0.25, 0.3) is 16.9 Å². The van der Waals surface area contributed by atoms with Gasteiger partial charge in [-0.2, -0.15) is 10.2 Å². The normalized spacial score (nSPS) is 10.6. The molecule has 12 heteroatoms. The molecule has 12 nitrogen and oxygen atoms in total. The molecule has 178 valence electrons. The van der Waals surface area contributed by atoms with Gasteiger partial charge in [0.05, 0.1) is 24.8 Å². The van der Waals surface area contributed by atoms with E-state index in [9.17, 15) is 19.7 Å². The summed E-state index contributed by atoms with van der Waals surface area (Å²) in [6, 6.07) is 15.4. The highest BCUT2D eigenvalue weighted by molar-refractivity contribution is 6.06. The summed E-state index contributed by atoms with van der Waals surface area (Å²) in [4.78, 5) is 35.7. The van der Waals surface area contributed by atoms with Crippen LogP contribution in [0, 0.1) is 10.1 Å². The monoisotopic (exact) mass is 477 g/mol. The number of nitrogens with zero attached hydrogens (tertiary/aromatic N) is 5. The summed E-state index contributed by atoms with van der Waals surface area (Å²) < 4.78 is 18.2. The van der Waals surface area contributed by atoms with E-state index >= 15 is 0 Å². The van der Waals surface area contributed by atoms with Crippen LogP contribution in [0.2, 0.25) is 0 Å². The van der Waals surface area contributed by atoms with Crippen molar-refractivity contribution < 1.29 is 28.7 Å². The maximum atomic E-state index is 12.8. The molecule has 0 amide bonds. The zero-order valence-electron chi connectivity index (χ0n) is 18.7. The van der Waals surface area contributed by atoms with Crippen LogP contribution in [0.5, 0.6) is 5.75 Å². The molecule has 2 aromatic carbocycles. The number of carbonyl (C=O) groups is 2. The summed E-state index contributed by atoms with van der Waals surface area (Å²) in [5, 5.41) is 19.3. The number of hydrogen-bond acceptors (Lipinski definition) is 9. The Morgan fingerprint density at radius 2 is 1.77 bits per heavy atom. The van der Waals surface area contributed by atoms with E-state index in [0.29, 0.717) is 17.0 Å². The van der Waals surface area contributed by atoms with Gasteiger partial charge in [0.15, 0.2) is 12.4 Å². The van der Waals surface area contributed by atoms with Gasteiger partial charge in [0.2, 0.25) is 0 Å². The first-order valence-corrected chi connectivity index (χ1v) is 10.2. The first kappa shape index (κ1) is 23.2. The van der Waals surface area contributed by atoms with Crippen molar-refractivity contribution in [2.24, 2.45) is 0 Å². The minimum absolute atomic E-state index is 0.0666. The Balaban J connectivity index is 1.76. The number of carbonyl (C=O) groups excluding carboxylic acids is 2. The van der Waals surface area contributed by atoms with Crippen LogP contribution >= 0.6 is 0 Å². The molecule has 35 heavy (non-hydrogen) atoms. The third-order valence-corrected chi connectivity index (χ3v) is 4.96. The predicted molar refractivity (Wildman–Crippen MR) is 121 cm³/mol. The Morgan fingerprint density at radius 3 is 2.43 bits per heavy atom. The van der Waals surface area contributed by atoms with Crippen molar-refractivity contribution in [3.05, 3.63) is 88.4 Å². The molecule has 4 aromatic rings. The van der Waals surface area contributed by atoms with Gasteiger partial charge < -0.3 is 14.2 Å². The number of benzene rings is 2. The van der Waals surface area contributed by atoms with Crippen molar-refractivity contribution in [2.75, 3.05) is 14.2 Å². The minimum Gasteiger partial charge on any atom is -0.471 e. The highest BCUT2D eigenvalue weighted by atomic mass is 16.6. The molecule has 0 aliphatic carbocycles. The van der Waals surface area contributed by atoms with Crippen molar-refractivity contribution in [1.82, 2.24) is 19.6 Å². The topological polar surface area (TPSA) is 141 Å². The zero-order chi connectivity index (χ0) is 24.9. The predicted octanol–water partition coefficient (Wildman–Crippen LogP) is 3.25. The molecule has 0 aliphatic heterocycles. The molecule has 2 heterocycles. The smallest absolute Gasteiger partial charge is 0.357 e. The molecule has 0 saturated heterocycles. The van der Waals surface area contributed by atoms with E-state index in [4.69, 9.17) is 14.2 Å². The molecule has 4 rings (SSSR count). The van der Waals surface area contributed by atoms with Gasteiger partial charge in [-0.15, -0.1) is 0 Å². The molecule has 0 radical (unpaired) electrons. The molecule has 0 spiro atoms. The van der Waals surface area contributed by atoms with Crippen LogP contribution in [-0.2, 0) is 16.2 Å². The van der Waals surface area contributed by atoms with Crippen molar-refractivity contribution in [3.63, 3.8) is 0 Å². The second-order valence-corrected chi connectivity index (χ2v) is 7.10. The van der Waals surface area contributed by atoms with Crippen LogP contribution in [0.1, 0.15) is 20.8 Å². The van der Waals surface area contributed by atoms with Gasteiger partial charge in [0.1, 0.15) is 29.4 Å². The van der Waals surface area contributed by atoms with Crippen LogP contribution < -0.4 is 4.74 Å². The van der Waals surface area contributed by atoms with Crippen molar-refractivity contribution >= 4 is 17.6 Å². The Hall–Kier alpha value is -5.00. The van der Waals surface area contributed by atoms with E-state index in [1.54, 1.807) is 48.5 Å². The summed E-state index contributed by atoms with van der Waals surface area (Å²) in [7, 11) is 2.41. The van der Waals surface area contributed by atoms with Gasteiger partial charge in [0.25, 0.3) is 0 Å². The van der Waals surface area contributed by atoms with Gasteiger partial charge in [-0.1, -0.05) is 30.3 Å². The van der Waals surface area contributed by atoms with Crippen LogP contribution in [0.4, 0.5) is 5.69 Å². The number of ether oxygens (including phenoxy) is 3. The fourth-order valence-corrected chi connectivity index (χ4v) is 3.35. The first-order valence-electron chi connectivity index (χ1n) is 10.2. The molecule has 0 N–H and O–H groups in total. The Labute approximate surface area is 198 Å². The lowest BCUT2D eigenvalue weighted by Crippen LogP contribution is -2.15. The van der Waals surface area contributed by atoms with Crippen LogP contribution in [0.15, 0.2) is 67.0 Å². The molecular formula is C23H19N5O7. The molecule has 2 aromatic heterocycles. The van der Waals surface area contributed by atoms with Gasteiger partial charge in [0, 0.05) is 5.56 Å². The third kappa shape index (κ3) is 4.71. The van der Waals surface area contributed by atoms with Crippen LogP contribution in [0.3, 0.4) is 0 Å². The largest absolute Gasteiger partial charge is 0.471 e. The molecule has 0 aliphatic rings. The second kappa shape index (κ2) is 9.87. The highest BCUT2D eigenvalue weighted by Gasteiger charge is 2.31. The molecular weight excluding hydrogens is 458 g/mol. The number of aromatic nitrogens is 4. The summed E-state index contributed by atoms with van der Waals surface area (Å²) in [5.41, 5.74) is 0.873. The number of esters is 2. The number of para-hydroxylation sites is 1. The van der Waals surface area contributed by atoms with Crippen molar-refractivity contribution in [1.29, 1.82) is 0 Å². The highest BCUT2D eigenvalue weighted by Crippen LogP contribution is 2.31. The fourth-order valence-electron chi connectivity index (χ4n) is 3.35. The summed E-state index contributed by atoms with van der Waals surface area (Å²) >= 11 is 0. The van der Waals surface area contributed by atoms with E-state index in [0.717, 1.165) is 6.20 Å². The maximum absolute atomic E-state index is 12.8. The Kier molecular flexibility index (Phi) is 6.53. The van der Waals surface area contributed by atoms with Gasteiger partial charge in [-0.05, 0) is 24.3 Å².